The van der Waals surface area contributed by atoms with Gasteiger partial charge in [0.1, 0.15) is 12.4 Å². The van der Waals surface area contributed by atoms with E-state index in [0.717, 1.165) is 5.56 Å². The van der Waals surface area contributed by atoms with Gasteiger partial charge < -0.3 is 14.3 Å². The molecule has 0 aliphatic rings. The van der Waals surface area contributed by atoms with Crippen LogP contribution in [0.5, 0.6) is 0 Å². The van der Waals surface area contributed by atoms with Gasteiger partial charge in [-0.05, 0) is 37.1 Å². The number of carboxylic acid groups (broad SMARTS) is 1. The molecule has 0 atom stereocenters. The molecule has 0 spiro atoms. The number of carboxylic acids is 1. The largest absolute Gasteiger partial charge is 0.475 e. The summed E-state index contributed by atoms with van der Waals surface area (Å²) in [4.78, 5) is 10.7. The zero-order valence-electron chi connectivity index (χ0n) is 11.0. The van der Waals surface area contributed by atoms with Crippen LogP contribution in [0.2, 0.25) is 0 Å². The van der Waals surface area contributed by atoms with Crippen molar-refractivity contribution in [2.24, 2.45) is 0 Å². The molecule has 0 unspecified atom stereocenters. The molecule has 0 saturated heterocycles. The lowest BCUT2D eigenvalue weighted by Crippen LogP contribution is -1.96. The molecule has 0 radical (unpaired) electrons. The SMILES string of the molecule is Cc1ccc(COCc2ccc(C(=O)O)o2)c(C)c1. The van der Waals surface area contributed by atoms with Gasteiger partial charge in [-0.15, -0.1) is 0 Å². The number of aromatic carboxylic acids is 1. The summed E-state index contributed by atoms with van der Waals surface area (Å²) in [5.41, 5.74) is 3.53. The van der Waals surface area contributed by atoms with Crippen LogP contribution in [0.4, 0.5) is 0 Å². The van der Waals surface area contributed by atoms with Crippen molar-refractivity contribution in [3.8, 4) is 0 Å². The molecule has 100 valence electrons. The Hall–Kier alpha value is -2.07. The summed E-state index contributed by atoms with van der Waals surface area (Å²) in [5.74, 6) is -0.618. The molecule has 0 aliphatic heterocycles. The summed E-state index contributed by atoms with van der Waals surface area (Å²) in [6.45, 7) is 4.84. The van der Waals surface area contributed by atoms with Crippen molar-refractivity contribution in [2.45, 2.75) is 27.1 Å². The summed E-state index contributed by atoms with van der Waals surface area (Å²) in [7, 11) is 0. The normalized spacial score (nSPS) is 10.6. The molecule has 0 bridgehead atoms. The summed E-state index contributed by atoms with van der Waals surface area (Å²) in [6, 6.07) is 9.23. The number of aryl methyl sites for hydroxylation is 2. The second-order valence-electron chi connectivity index (χ2n) is 4.49. The number of ether oxygens (including phenoxy) is 1. The zero-order chi connectivity index (χ0) is 13.8. The Kier molecular flexibility index (Phi) is 4.02. The van der Waals surface area contributed by atoms with Gasteiger partial charge in [0.2, 0.25) is 5.76 Å². The van der Waals surface area contributed by atoms with Gasteiger partial charge in [-0.2, -0.15) is 0 Å². The van der Waals surface area contributed by atoms with Crippen LogP contribution in [0.1, 0.15) is 33.0 Å². The second kappa shape index (κ2) is 5.71. The molecule has 1 aromatic carbocycles. The van der Waals surface area contributed by atoms with E-state index in [2.05, 4.69) is 6.07 Å². The first-order valence-corrected chi connectivity index (χ1v) is 6.02. The lowest BCUT2D eigenvalue weighted by Gasteiger charge is -2.07. The lowest BCUT2D eigenvalue weighted by atomic mass is 10.1. The summed E-state index contributed by atoms with van der Waals surface area (Å²) >= 11 is 0. The molecular formula is C15H16O4. The van der Waals surface area contributed by atoms with Gasteiger partial charge in [0.05, 0.1) is 6.61 Å². The third-order valence-electron chi connectivity index (χ3n) is 2.87. The molecule has 0 amide bonds. The Bertz CT molecular complexity index is 584. The Labute approximate surface area is 111 Å². The Morgan fingerprint density at radius 2 is 2.00 bits per heavy atom. The highest BCUT2D eigenvalue weighted by Crippen LogP contribution is 2.14. The van der Waals surface area contributed by atoms with Crippen LogP contribution >= 0.6 is 0 Å². The highest BCUT2D eigenvalue weighted by molar-refractivity contribution is 5.84. The molecule has 1 heterocycles. The zero-order valence-corrected chi connectivity index (χ0v) is 11.0. The number of hydrogen-bond acceptors (Lipinski definition) is 3. The predicted octanol–water partition coefficient (Wildman–Crippen LogP) is 3.31. The van der Waals surface area contributed by atoms with Gasteiger partial charge in [0, 0.05) is 0 Å². The number of furan rings is 1. The van der Waals surface area contributed by atoms with Gasteiger partial charge in [0.25, 0.3) is 0 Å². The standard InChI is InChI=1S/C15H16O4/c1-10-3-4-12(11(2)7-10)8-18-9-13-5-6-14(19-13)15(16)17/h3-7H,8-9H2,1-2H3,(H,16,17). The number of carbonyl (C=O) groups is 1. The molecule has 19 heavy (non-hydrogen) atoms. The van der Waals surface area contributed by atoms with Crippen molar-refractivity contribution < 1.29 is 19.1 Å². The Morgan fingerprint density at radius 3 is 2.63 bits per heavy atom. The molecule has 2 rings (SSSR count). The van der Waals surface area contributed by atoms with Crippen molar-refractivity contribution in [3.05, 3.63) is 58.5 Å². The predicted molar refractivity (Wildman–Crippen MR) is 70.1 cm³/mol. The summed E-state index contributed by atoms with van der Waals surface area (Å²) in [5, 5.41) is 8.73. The molecule has 0 saturated carbocycles. The number of rotatable bonds is 5. The molecule has 4 nitrogen and oxygen atoms in total. The Morgan fingerprint density at radius 1 is 1.21 bits per heavy atom. The Balaban J connectivity index is 1.90. The molecule has 1 aromatic heterocycles. The fourth-order valence-corrected chi connectivity index (χ4v) is 1.84. The van der Waals surface area contributed by atoms with Crippen molar-refractivity contribution in [1.29, 1.82) is 0 Å². The molecule has 4 heteroatoms. The average Bonchev–Trinajstić information content (AvgIpc) is 2.81. The van der Waals surface area contributed by atoms with Crippen LogP contribution in [-0.4, -0.2) is 11.1 Å². The minimum Gasteiger partial charge on any atom is -0.475 e. The third-order valence-corrected chi connectivity index (χ3v) is 2.87. The summed E-state index contributed by atoms with van der Waals surface area (Å²) in [6.07, 6.45) is 0. The van der Waals surface area contributed by atoms with Crippen LogP contribution in [0.3, 0.4) is 0 Å². The van der Waals surface area contributed by atoms with Crippen LogP contribution in [0.25, 0.3) is 0 Å². The van der Waals surface area contributed by atoms with Gasteiger partial charge in [0.15, 0.2) is 0 Å². The molecule has 0 aliphatic carbocycles. The van der Waals surface area contributed by atoms with Crippen LogP contribution in [0.15, 0.2) is 34.7 Å². The molecule has 1 N–H and O–H groups in total. The van der Waals surface area contributed by atoms with Gasteiger partial charge in [-0.25, -0.2) is 4.79 Å². The summed E-state index contributed by atoms with van der Waals surface area (Å²) < 4.78 is 10.6. The average molecular weight is 260 g/mol. The van der Waals surface area contributed by atoms with Crippen molar-refractivity contribution in [2.75, 3.05) is 0 Å². The fourth-order valence-electron chi connectivity index (χ4n) is 1.84. The first-order chi connectivity index (χ1) is 9.06. The second-order valence-corrected chi connectivity index (χ2v) is 4.49. The first kappa shape index (κ1) is 13.4. The fraction of sp³-hybridized carbons (Fsp3) is 0.267. The third kappa shape index (κ3) is 3.45. The lowest BCUT2D eigenvalue weighted by molar-refractivity contribution is 0.0640. The van der Waals surface area contributed by atoms with E-state index in [0.29, 0.717) is 12.4 Å². The van der Waals surface area contributed by atoms with Crippen LogP contribution in [0, 0.1) is 13.8 Å². The maximum atomic E-state index is 10.7. The van der Waals surface area contributed by atoms with E-state index < -0.39 is 5.97 Å². The first-order valence-electron chi connectivity index (χ1n) is 6.02. The van der Waals surface area contributed by atoms with E-state index in [-0.39, 0.29) is 12.4 Å². The number of hydrogen-bond donors (Lipinski definition) is 1. The molecular weight excluding hydrogens is 244 g/mol. The van der Waals surface area contributed by atoms with Crippen LogP contribution < -0.4 is 0 Å². The topological polar surface area (TPSA) is 59.7 Å². The van der Waals surface area contributed by atoms with Gasteiger partial charge in [-0.3, -0.25) is 0 Å². The van der Waals surface area contributed by atoms with E-state index in [4.69, 9.17) is 14.3 Å². The smallest absolute Gasteiger partial charge is 0.371 e. The monoisotopic (exact) mass is 260 g/mol. The van der Waals surface area contributed by atoms with Gasteiger partial charge >= 0.3 is 5.97 Å². The van der Waals surface area contributed by atoms with E-state index >= 15 is 0 Å². The maximum absolute atomic E-state index is 10.7. The van der Waals surface area contributed by atoms with E-state index in [1.807, 2.05) is 26.0 Å². The quantitative estimate of drug-likeness (QED) is 0.896. The van der Waals surface area contributed by atoms with Crippen molar-refractivity contribution >= 4 is 5.97 Å². The molecule has 0 fully saturated rings. The number of benzene rings is 1. The van der Waals surface area contributed by atoms with E-state index in [9.17, 15) is 4.79 Å². The van der Waals surface area contributed by atoms with E-state index in [1.54, 1.807) is 6.07 Å². The highest BCUT2D eigenvalue weighted by Gasteiger charge is 2.08. The highest BCUT2D eigenvalue weighted by atomic mass is 16.5. The molecule has 2 aromatic rings. The minimum atomic E-state index is -1.07. The maximum Gasteiger partial charge on any atom is 0.371 e. The van der Waals surface area contributed by atoms with Crippen LogP contribution in [-0.2, 0) is 18.0 Å². The van der Waals surface area contributed by atoms with Gasteiger partial charge in [-0.1, -0.05) is 23.8 Å². The van der Waals surface area contributed by atoms with E-state index in [1.165, 1.54) is 17.2 Å². The van der Waals surface area contributed by atoms with Crippen molar-refractivity contribution in [3.63, 3.8) is 0 Å². The van der Waals surface area contributed by atoms with Crippen molar-refractivity contribution in [1.82, 2.24) is 0 Å². The minimum absolute atomic E-state index is 0.0647.